The maximum Gasteiger partial charge on any atom is 0.230 e. The number of hydrogen-bond donors (Lipinski definition) is 1. The molecule has 3 nitrogen and oxygen atoms in total. The molecular weight excluding hydrogens is 313 g/mol. The van der Waals surface area contributed by atoms with Crippen LogP contribution in [0.2, 0.25) is 0 Å². The Labute approximate surface area is 119 Å². The molecule has 2 atom stereocenters. The molecule has 1 aliphatic heterocycles. The first kappa shape index (κ1) is 14.2. The van der Waals surface area contributed by atoms with E-state index in [1.54, 1.807) is 6.07 Å². The number of carbonyl (C=O) groups excluding carboxylic acids is 2. The molecule has 2 unspecified atom stereocenters. The molecule has 2 amide bonds. The van der Waals surface area contributed by atoms with E-state index in [4.69, 9.17) is 0 Å². The molecule has 1 aromatic rings. The number of rotatable bonds is 3. The molecule has 5 heteroatoms. The molecule has 1 saturated heterocycles. The lowest BCUT2D eigenvalue weighted by atomic mass is 9.78. The zero-order valence-electron chi connectivity index (χ0n) is 10.6. The van der Waals surface area contributed by atoms with E-state index < -0.39 is 0 Å². The predicted molar refractivity (Wildman–Crippen MR) is 73.0 cm³/mol. The molecule has 0 aliphatic carbocycles. The molecule has 2 rings (SSSR count). The van der Waals surface area contributed by atoms with Crippen molar-refractivity contribution in [2.75, 3.05) is 0 Å². The highest BCUT2D eigenvalue weighted by Crippen LogP contribution is 2.37. The number of imide groups is 1. The highest BCUT2D eigenvalue weighted by atomic mass is 79.9. The van der Waals surface area contributed by atoms with Crippen molar-refractivity contribution in [2.24, 2.45) is 5.92 Å². The lowest BCUT2D eigenvalue weighted by Crippen LogP contribution is -2.44. The van der Waals surface area contributed by atoms with Gasteiger partial charge >= 0.3 is 0 Å². The molecule has 0 radical (unpaired) electrons. The molecule has 1 heterocycles. The summed E-state index contributed by atoms with van der Waals surface area (Å²) < 4.78 is 13.7. The van der Waals surface area contributed by atoms with E-state index in [0.29, 0.717) is 10.9 Å². The molecular formula is C14H15BrFNO2. The summed E-state index contributed by atoms with van der Waals surface area (Å²) in [7, 11) is 0. The maximum absolute atomic E-state index is 13.1. The van der Waals surface area contributed by atoms with E-state index >= 15 is 0 Å². The van der Waals surface area contributed by atoms with Gasteiger partial charge in [-0.15, -0.1) is 0 Å². The smallest absolute Gasteiger partial charge is 0.230 e. The third kappa shape index (κ3) is 3.03. The van der Waals surface area contributed by atoms with Crippen molar-refractivity contribution < 1.29 is 14.0 Å². The number of amides is 2. The summed E-state index contributed by atoms with van der Waals surface area (Å²) in [5, 5.41) is 2.38. The van der Waals surface area contributed by atoms with Gasteiger partial charge in [0, 0.05) is 22.7 Å². The largest absolute Gasteiger partial charge is 0.296 e. The maximum atomic E-state index is 13.1. The van der Waals surface area contributed by atoms with Gasteiger partial charge in [0.1, 0.15) is 5.82 Å². The second kappa shape index (κ2) is 5.82. The van der Waals surface area contributed by atoms with Gasteiger partial charge in [-0.05, 0) is 24.1 Å². The Morgan fingerprint density at radius 2 is 2.16 bits per heavy atom. The first-order valence-corrected chi connectivity index (χ1v) is 7.11. The minimum atomic E-state index is -0.339. The van der Waals surface area contributed by atoms with Crippen LogP contribution in [0, 0.1) is 11.7 Å². The van der Waals surface area contributed by atoms with Gasteiger partial charge in [-0.25, -0.2) is 4.39 Å². The molecule has 1 fully saturated rings. The molecule has 0 aromatic heterocycles. The molecule has 1 aliphatic rings. The van der Waals surface area contributed by atoms with Crippen molar-refractivity contribution in [3.63, 3.8) is 0 Å². The summed E-state index contributed by atoms with van der Waals surface area (Å²) in [4.78, 5) is 23.5. The monoisotopic (exact) mass is 327 g/mol. The van der Waals surface area contributed by atoms with Gasteiger partial charge in [-0.1, -0.05) is 35.3 Å². The first-order chi connectivity index (χ1) is 9.02. The predicted octanol–water partition coefficient (Wildman–Crippen LogP) is 3.13. The Morgan fingerprint density at radius 1 is 1.42 bits per heavy atom. The van der Waals surface area contributed by atoms with Crippen molar-refractivity contribution in [1.29, 1.82) is 0 Å². The van der Waals surface area contributed by atoms with Crippen LogP contribution in [0.5, 0.6) is 0 Å². The van der Waals surface area contributed by atoms with Crippen molar-refractivity contribution in [3.05, 3.63) is 34.1 Å². The summed E-state index contributed by atoms with van der Waals surface area (Å²) in [6.07, 6.45) is 1.84. The zero-order valence-corrected chi connectivity index (χ0v) is 12.2. The molecule has 0 spiro atoms. The van der Waals surface area contributed by atoms with Crippen LogP contribution in [-0.4, -0.2) is 11.8 Å². The van der Waals surface area contributed by atoms with Gasteiger partial charge in [0.2, 0.25) is 11.8 Å². The summed E-state index contributed by atoms with van der Waals surface area (Å²) in [6, 6.07) is 4.38. The molecule has 1 N–H and O–H groups in total. The fourth-order valence-corrected chi connectivity index (χ4v) is 3.22. The van der Waals surface area contributed by atoms with E-state index in [-0.39, 0.29) is 35.9 Å². The molecule has 102 valence electrons. The van der Waals surface area contributed by atoms with E-state index in [9.17, 15) is 14.0 Å². The van der Waals surface area contributed by atoms with Crippen LogP contribution >= 0.6 is 15.9 Å². The first-order valence-electron chi connectivity index (χ1n) is 6.31. The average Bonchev–Trinajstić information content (AvgIpc) is 2.32. The van der Waals surface area contributed by atoms with Crippen LogP contribution in [-0.2, 0) is 9.59 Å². The third-order valence-electron chi connectivity index (χ3n) is 3.45. The van der Waals surface area contributed by atoms with Crippen LogP contribution < -0.4 is 5.32 Å². The highest BCUT2D eigenvalue weighted by molar-refractivity contribution is 9.10. The Morgan fingerprint density at radius 3 is 2.79 bits per heavy atom. The van der Waals surface area contributed by atoms with Crippen LogP contribution in [0.25, 0.3) is 0 Å². The van der Waals surface area contributed by atoms with Crippen LogP contribution in [0.4, 0.5) is 4.39 Å². The van der Waals surface area contributed by atoms with Crippen molar-refractivity contribution >= 4 is 27.7 Å². The second-order valence-corrected chi connectivity index (χ2v) is 5.64. The fourth-order valence-electron chi connectivity index (χ4n) is 2.58. The summed E-state index contributed by atoms with van der Waals surface area (Å²) in [6.45, 7) is 2.00. The topological polar surface area (TPSA) is 46.2 Å². The van der Waals surface area contributed by atoms with Gasteiger partial charge < -0.3 is 0 Å². The summed E-state index contributed by atoms with van der Waals surface area (Å²) in [5.41, 5.74) is 0.822. The minimum Gasteiger partial charge on any atom is -0.296 e. The number of carbonyl (C=O) groups is 2. The SMILES string of the molecule is CCCC1C(=O)NC(=O)CC1c1ccc(F)cc1Br. The Hall–Kier alpha value is -1.23. The highest BCUT2D eigenvalue weighted by Gasteiger charge is 2.36. The van der Waals surface area contributed by atoms with Crippen LogP contribution in [0.3, 0.4) is 0 Å². The number of benzene rings is 1. The van der Waals surface area contributed by atoms with E-state index in [2.05, 4.69) is 21.2 Å². The third-order valence-corrected chi connectivity index (χ3v) is 4.14. The average molecular weight is 328 g/mol. The van der Waals surface area contributed by atoms with Crippen molar-refractivity contribution in [2.45, 2.75) is 32.1 Å². The van der Waals surface area contributed by atoms with Gasteiger partial charge in [0.25, 0.3) is 0 Å². The summed E-state index contributed by atoms with van der Waals surface area (Å²) >= 11 is 3.32. The normalized spacial score (nSPS) is 23.3. The zero-order chi connectivity index (χ0) is 14.0. The molecule has 0 saturated carbocycles. The van der Waals surface area contributed by atoms with Crippen LogP contribution in [0.1, 0.15) is 37.7 Å². The van der Waals surface area contributed by atoms with Crippen molar-refractivity contribution in [1.82, 2.24) is 5.32 Å². The van der Waals surface area contributed by atoms with Gasteiger partial charge in [-0.3, -0.25) is 14.9 Å². The minimum absolute atomic E-state index is 0.184. The van der Waals surface area contributed by atoms with E-state index in [1.807, 2.05) is 6.92 Å². The molecule has 19 heavy (non-hydrogen) atoms. The molecule has 1 aromatic carbocycles. The van der Waals surface area contributed by atoms with Gasteiger partial charge in [-0.2, -0.15) is 0 Å². The number of hydrogen-bond acceptors (Lipinski definition) is 2. The number of halogens is 2. The number of nitrogens with one attached hydrogen (secondary N) is 1. The number of piperidine rings is 1. The lowest BCUT2D eigenvalue weighted by molar-refractivity contribution is -0.137. The Balaban J connectivity index is 2.37. The fraction of sp³-hybridized carbons (Fsp3) is 0.429. The Kier molecular flexibility index (Phi) is 4.34. The van der Waals surface area contributed by atoms with Gasteiger partial charge in [0.15, 0.2) is 0 Å². The quantitative estimate of drug-likeness (QED) is 0.867. The molecule has 0 bridgehead atoms. The standard InChI is InChI=1S/C14H15BrFNO2/c1-2-3-10-11(7-13(18)17-14(10)19)9-5-4-8(16)6-12(9)15/h4-6,10-11H,2-3,7H2,1H3,(H,17,18,19). The second-order valence-electron chi connectivity index (χ2n) is 4.78. The summed E-state index contributed by atoms with van der Waals surface area (Å²) in [5.74, 6) is -1.24. The Bertz CT molecular complexity index is 518. The van der Waals surface area contributed by atoms with E-state index in [1.165, 1.54) is 12.1 Å². The lowest BCUT2D eigenvalue weighted by Gasteiger charge is -2.30. The van der Waals surface area contributed by atoms with Crippen LogP contribution in [0.15, 0.2) is 22.7 Å². The van der Waals surface area contributed by atoms with Crippen molar-refractivity contribution in [3.8, 4) is 0 Å². The van der Waals surface area contributed by atoms with E-state index in [0.717, 1.165) is 12.0 Å². The van der Waals surface area contributed by atoms with Gasteiger partial charge in [0.05, 0.1) is 0 Å².